The number of hydrogen-bond donors (Lipinski definition) is 1. The number of hydrogen-bond acceptors (Lipinski definition) is 2. The van der Waals surface area contributed by atoms with Crippen LogP contribution < -0.4 is 5.32 Å². The van der Waals surface area contributed by atoms with E-state index in [0.29, 0.717) is 10.6 Å². The second kappa shape index (κ2) is 9.69. The van der Waals surface area contributed by atoms with E-state index in [1.165, 1.54) is 44.9 Å². The molecule has 0 fully saturated rings. The van der Waals surface area contributed by atoms with Gasteiger partial charge in [-0.1, -0.05) is 57.0 Å². The fourth-order valence-corrected chi connectivity index (χ4v) is 2.28. The number of nitrogens with zero attached hydrogens (tertiary/aromatic N) is 1. The van der Waals surface area contributed by atoms with Crippen molar-refractivity contribution in [2.24, 2.45) is 0 Å². The molecule has 0 aromatic heterocycles. The summed E-state index contributed by atoms with van der Waals surface area (Å²) in [6, 6.07) is 7.45. The van der Waals surface area contributed by atoms with E-state index < -0.39 is 0 Å². The van der Waals surface area contributed by atoms with Crippen LogP contribution in [-0.2, 0) is 0 Å². The van der Waals surface area contributed by atoms with Crippen LogP contribution in [0.5, 0.6) is 0 Å². The molecule has 1 aromatic carbocycles. The summed E-state index contributed by atoms with van der Waals surface area (Å²) in [4.78, 5) is 0. The first kappa shape index (κ1) is 15.9. The predicted octanol–water partition coefficient (Wildman–Crippen LogP) is 5.37. The molecule has 1 N–H and O–H groups in total. The smallest absolute Gasteiger partial charge is 0.0992 e. The zero-order valence-corrected chi connectivity index (χ0v) is 12.5. The lowest BCUT2D eigenvalue weighted by molar-refractivity contribution is 0.596. The topological polar surface area (TPSA) is 35.8 Å². The van der Waals surface area contributed by atoms with Crippen LogP contribution in [0.15, 0.2) is 18.2 Å². The van der Waals surface area contributed by atoms with Crippen LogP contribution in [0.1, 0.15) is 57.4 Å². The van der Waals surface area contributed by atoms with Gasteiger partial charge in [-0.2, -0.15) is 5.26 Å². The molecule has 0 heterocycles. The molecule has 0 aliphatic heterocycles. The number of benzene rings is 1. The molecule has 0 saturated carbocycles. The normalized spacial score (nSPS) is 10.2. The highest BCUT2D eigenvalue weighted by Crippen LogP contribution is 2.22. The Kier molecular flexibility index (Phi) is 8.09. The number of unbranched alkanes of at least 4 members (excludes halogenated alkanes) is 6. The number of nitriles is 1. The van der Waals surface area contributed by atoms with Crippen molar-refractivity contribution in [1.82, 2.24) is 0 Å². The highest BCUT2D eigenvalue weighted by Gasteiger charge is 2.00. The Morgan fingerprint density at radius 1 is 1.11 bits per heavy atom. The third-order valence-electron chi connectivity index (χ3n) is 3.19. The first-order chi connectivity index (χ1) is 9.27. The Balaban J connectivity index is 2.14. The summed E-state index contributed by atoms with van der Waals surface area (Å²) in [5.74, 6) is 0. The Labute approximate surface area is 121 Å². The van der Waals surface area contributed by atoms with Crippen molar-refractivity contribution in [3.8, 4) is 6.07 Å². The maximum Gasteiger partial charge on any atom is 0.0992 e. The van der Waals surface area contributed by atoms with E-state index in [0.717, 1.165) is 12.2 Å². The van der Waals surface area contributed by atoms with Crippen LogP contribution in [0.3, 0.4) is 0 Å². The van der Waals surface area contributed by atoms with Crippen molar-refractivity contribution in [1.29, 1.82) is 5.26 Å². The summed E-state index contributed by atoms with van der Waals surface area (Å²) in [6.07, 6.45) is 9.14. The van der Waals surface area contributed by atoms with Gasteiger partial charge in [0.25, 0.3) is 0 Å². The van der Waals surface area contributed by atoms with Gasteiger partial charge in [0, 0.05) is 6.54 Å². The van der Waals surface area contributed by atoms with E-state index in [9.17, 15) is 0 Å². The Bertz CT molecular complexity index is 410. The Morgan fingerprint density at radius 3 is 2.42 bits per heavy atom. The molecule has 1 rings (SSSR count). The molecule has 0 amide bonds. The first-order valence-corrected chi connectivity index (χ1v) is 7.59. The highest BCUT2D eigenvalue weighted by molar-refractivity contribution is 6.33. The van der Waals surface area contributed by atoms with Crippen molar-refractivity contribution in [3.05, 3.63) is 28.8 Å². The van der Waals surface area contributed by atoms with Gasteiger partial charge in [-0.15, -0.1) is 0 Å². The van der Waals surface area contributed by atoms with Gasteiger partial charge in [-0.05, 0) is 24.6 Å². The highest BCUT2D eigenvalue weighted by atomic mass is 35.5. The second-order valence-electron chi connectivity index (χ2n) is 4.85. The number of rotatable bonds is 9. The van der Waals surface area contributed by atoms with Crippen LogP contribution in [0, 0.1) is 11.3 Å². The molecule has 0 bridgehead atoms. The summed E-state index contributed by atoms with van der Waals surface area (Å²) in [7, 11) is 0. The molecular formula is C16H23ClN2. The molecule has 0 radical (unpaired) electrons. The molecule has 2 nitrogen and oxygen atoms in total. The summed E-state index contributed by atoms with van der Waals surface area (Å²) in [6.45, 7) is 3.19. The minimum Gasteiger partial charge on any atom is -0.384 e. The predicted molar refractivity (Wildman–Crippen MR) is 82.6 cm³/mol. The summed E-state index contributed by atoms with van der Waals surface area (Å²) in [5.41, 5.74) is 1.53. The largest absolute Gasteiger partial charge is 0.384 e. The summed E-state index contributed by atoms with van der Waals surface area (Å²) >= 11 is 6.09. The quantitative estimate of drug-likeness (QED) is 0.616. The van der Waals surface area contributed by atoms with E-state index >= 15 is 0 Å². The zero-order valence-electron chi connectivity index (χ0n) is 11.7. The Morgan fingerprint density at radius 2 is 1.79 bits per heavy atom. The van der Waals surface area contributed by atoms with Gasteiger partial charge in [0.15, 0.2) is 0 Å². The van der Waals surface area contributed by atoms with E-state index in [1.54, 1.807) is 12.1 Å². The molecule has 1 aromatic rings. The summed E-state index contributed by atoms with van der Waals surface area (Å²) < 4.78 is 0. The molecule has 3 heteroatoms. The van der Waals surface area contributed by atoms with Crippen LogP contribution in [0.2, 0.25) is 5.02 Å². The zero-order chi connectivity index (χ0) is 13.9. The fourth-order valence-electron chi connectivity index (χ4n) is 2.03. The molecule has 0 saturated heterocycles. The van der Waals surface area contributed by atoms with Crippen molar-refractivity contribution in [2.75, 3.05) is 11.9 Å². The molecule has 0 aliphatic rings. The van der Waals surface area contributed by atoms with Gasteiger partial charge in [0.2, 0.25) is 0 Å². The number of nitrogens with one attached hydrogen (secondary N) is 1. The van der Waals surface area contributed by atoms with Gasteiger partial charge in [-0.25, -0.2) is 0 Å². The minimum atomic E-state index is 0.603. The van der Waals surface area contributed by atoms with Crippen LogP contribution >= 0.6 is 11.6 Å². The van der Waals surface area contributed by atoms with Gasteiger partial charge < -0.3 is 5.32 Å². The van der Waals surface area contributed by atoms with Crippen molar-refractivity contribution in [2.45, 2.75) is 51.9 Å². The van der Waals surface area contributed by atoms with Crippen LogP contribution in [-0.4, -0.2) is 6.54 Å². The average Bonchev–Trinajstić information content (AvgIpc) is 2.43. The maximum absolute atomic E-state index is 8.76. The SMILES string of the molecule is CCCCCCCCCNc1ccc(C#N)cc1Cl. The third-order valence-corrected chi connectivity index (χ3v) is 3.51. The second-order valence-corrected chi connectivity index (χ2v) is 5.26. The van der Waals surface area contributed by atoms with E-state index in [4.69, 9.17) is 16.9 Å². The van der Waals surface area contributed by atoms with Gasteiger partial charge in [0.05, 0.1) is 22.3 Å². The lowest BCUT2D eigenvalue weighted by Crippen LogP contribution is -2.02. The monoisotopic (exact) mass is 278 g/mol. The van der Waals surface area contributed by atoms with Crippen molar-refractivity contribution < 1.29 is 0 Å². The van der Waals surface area contributed by atoms with Gasteiger partial charge in [0.1, 0.15) is 0 Å². The fraction of sp³-hybridized carbons (Fsp3) is 0.562. The molecule has 0 spiro atoms. The first-order valence-electron chi connectivity index (χ1n) is 7.21. The van der Waals surface area contributed by atoms with Crippen LogP contribution in [0.25, 0.3) is 0 Å². The molecule has 0 unspecified atom stereocenters. The molecule has 0 atom stereocenters. The summed E-state index contributed by atoms with van der Waals surface area (Å²) in [5, 5.41) is 12.7. The lowest BCUT2D eigenvalue weighted by atomic mass is 10.1. The number of anilines is 1. The average molecular weight is 279 g/mol. The lowest BCUT2D eigenvalue weighted by Gasteiger charge is -2.08. The maximum atomic E-state index is 8.76. The van der Waals surface area contributed by atoms with Crippen molar-refractivity contribution in [3.63, 3.8) is 0 Å². The molecular weight excluding hydrogens is 256 g/mol. The van der Waals surface area contributed by atoms with Gasteiger partial charge in [-0.3, -0.25) is 0 Å². The van der Waals surface area contributed by atoms with E-state index in [-0.39, 0.29) is 0 Å². The standard InChI is InChI=1S/C16H23ClN2/c1-2-3-4-5-6-7-8-11-19-16-10-9-14(13-18)12-15(16)17/h9-10,12,19H,2-8,11H2,1H3. The van der Waals surface area contributed by atoms with Gasteiger partial charge >= 0.3 is 0 Å². The molecule has 104 valence electrons. The Hall–Kier alpha value is -1.20. The van der Waals surface area contributed by atoms with Crippen molar-refractivity contribution >= 4 is 17.3 Å². The molecule has 0 aliphatic carbocycles. The van der Waals surface area contributed by atoms with E-state index in [1.807, 2.05) is 6.07 Å². The number of halogens is 1. The molecule has 19 heavy (non-hydrogen) atoms. The van der Waals surface area contributed by atoms with Crippen LogP contribution in [0.4, 0.5) is 5.69 Å². The van der Waals surface area contributed by atoms with E-state index in [2.05, 4.69) is 18.3 Å². The minimum absolute atomic E-state index is 0.603. The third kappa shape index (κ3) is 6.50.